The van der Waals surface area contributed by atoms with Gasteiger partial charge in [-0.25, -0.2) is 0 Å². The first-order valence-corrected chi connectivity index (χ1v) is 7.04. The summed E-state index contributed by atoms with van der Waals surface area (Å²) in [6.45, 7) is 6.47. The van der Waals surface area contributed by atoms with Crippen molar-refractivity contribution < 1.29 is 14.6 Å². The fourth-order valence-corrected chi connectivity index (χ4v) is 4.54. The van der Waals surface area contributed by atoms with Gasteiger partial charge in [-0.3, -0.25) is 4.79 Å². The minimum atomic E-state index is -0.312. The molecule has 0 aromatic carbocycles. The molecule has 1 N–H and O–H groups in total. The molecule has 3 rings (SSSR count). The van der Waals surface area contributed by atoms with Crippen molar-refractivity contribution in [3.8, 4) is 0 Å². The zero-order chi connectivity index (χ0) is 13.1. The Morgan fingerprint density at radius 2 is 2.17 bits per heavy atom. The lowest BCUT2D eigenvalue weighted by atomic mass is 9.52. The number of carbonyl (C=O) groups is 1. The molecule has 1 heterocycles. The summed E-state index contributed by atoms with van der Waals surface area (Å²) in [6, 6.07) is 0. The molecule has 0 unspecified atom stereocenters. The Morgan fingerprint density at radius 3 is 2.89 bits per heavy atom. The lowest BCUT2D eigenvalue weighted by Crippen LogP contribution is -2.48. The van der Waals surface area contributed by atoms with Crippen LogP contribution in [0.3, 0.4) is 0 Å². The van der Waals surface area contributed by atoms with Gasteiger partial charge >= 0.3 is 5.97 Å². The summed E-state index contributed by atoms with van der Waals surface area (Å²) in [4.78, 5) is 11.8. The Morgan fingerprint density at radius 1 is 1.44 bits per heavy atom. The van der Waals surface area contributed by atoms with Crippen LogP contribution in [0.4, 0.5) is 0 Å². The number of hydrogen-bond acceptors (Lipinski definition) is 3. The molecule has 2 fully saturated rings. The first-order valence-electron chi connectivity index (χ1n) is 7.04. The highest BCUT2D eigenvalue weighted by Gasteiger charge is 2.58. The van der Waals surface area contributed by atoms with E-state index < -0.39 is 0 Å². The van der Waals surface area contributed by atoms with Gasteiger partial charge in [0.1, 0.15) is 6.10 Å². The summed E-state index contributed by atoms with van der Waals surface area (Å²) in [5, 5.41) is 9.92. The second-order valence-electron chi connectivity index (χ2n) is 6.51. The molecule has 2 aliphatic carbocycles. The Bertz CT molecular complexity index is 414. The highest BCUT2D eigenvalue weighted by Crippen LogP contribution is 2.58. The SMILES string of the molecule is C[C@@H]1C(=O)O[C@H]2CCC3=C[C@H](O)C[C@H](C)[C@@]3(C)[C@H]21. The summed E-state index contributed by atoms with van der Waals surface area (Å²) in [7, 11) is 0. The molecule has 3 heteroatoms. The standard InChI is InChI=1S/C15H22O3/c1-8-6-11(16)7-10-4-5-12-13(15(8,10)3)9(2)14(17)18-12/h7-9,11-13,16H,4-6H2,1-3H3/t8-,9-,11+,12-,13-,15+/m0/s1. The predicted molar refractivity (Wildman–Crippen MR) is 67.7 cm³/mol. The minimum Gasteiger partial charge on any atom is -0.462 e. The van der Waals surface area contributed by atoms with E-state index in [-0.39, 0.29) is 35.4 Å². The third-order valence-electron chi connectivity index (χ3n) is 5.67. The Balaban J connectivity index is 2.05. The van der Waals surface area contributed by atoms with Crippen molar-refractivity contribution in [1.29, 1.82) is 0 Å². The third kappa shape index (κ3) is 1.43. The average molecular weight is 250 g/mol. The molecule has 1 saturated heterocycles. The van der Waals surface area contributed by atoms with Crippen molar-refractivity contribution in [1.82, 2.24) is 0 Å². The average Bonchev–Trinajstić information content (AvgIpc) is 2.58. The highest BCUT2D eigenvalue weighted by molar-refractivity contribution is 5.75. The van der Waals surface area contributed by atoms with Crippen LogP contribution in [0.25, 0.3) is 0 Å². The first-order chi connectivity index (χ1) is 8.44. The van der Waals surface area contributed by atoms with Crippen LogP contribution in [0.5, 0.6) is 0 Å². The predicted octanol–water partition coefficient (Wildman–Crippen LogP) is 2.29. The smallest absolute Gasteiger partial charge is 0.309 e. The van der Waals surface area contributed by atoms with E-state index in [2.05, 4.69) is 13.8 Å². The van der Waals surface area contributed by atoms with Gasteiger partial charge in [-0.15, -0.1) is 0 Å². The van der Waals surface area contributed by atoms with E-state index in [1.54, 1.807) is 0 Å². The molecule has 0 spiro atoms. The Hall–Kier alpha value is -0.830. The van der Waals surface area contributed by atoms with E-state index >= 15 is 0 Å². The summed E-state index contributed by atoms with van der Waals surface area (Å²) >= 11 is 0. The van der Waals surface area contributed by atoms with Crippen molar-refractivity contribution in [2.45, 2.75) is 52.2 Å². The van der Waals surface area contributed by atoms with E-state index in [4.69, 9.17) is 4.74 Å². The minimum absolute atomic E-state index is 0.0126. The monoisotopic (exact) mass is 250 g/mol. The summed E-state index contributed by atoms with van der Waals surface area (Å²) in [5.41, 5.74) is 1.37. The number of fused-ring (bicyclic) bond motifs is 3. The molecule has 3 aliphatic rings. The molecule has 6 atom stereocenters. The topological polar surface area (TPSA) is 46.5 Å². The molecular formula is C15H22O3. The van der Waals surface area contributed by atoms with E-state index in [0.717, 1.165) is 19.3 Å². The number of ether oxygens (including phenoxy) is 1. The molecule has 0 radical (unpaired) electrons. The van der Waals surface area contributed by atoms with Crippen LogP contribution in [0.2, 0.25) is 0 Å². The van der Waals surface area contributed by atoms with Crippen LogP contribution in [-0.4, -0.2) is 23.3 Å². The van der Waals surface area contributed by atoms with Crippen LogP contribution >= 0.6 is 0 Å². The molecular weight excluding hydrogens is 228 g/mol. The van der Waals surface area contributed by atoms with Gasteiger partial charge in [0.15, 0.2) is 0 Å². The molecule has 0 bridgehead atoms. The van der Waals surface area contributed by atoms with Crippen LogP contribution < -0.4 is 0 Å². The number of allylic oxidation sites excluding steroid dienone is 1. The molecule has 1 saturated carbocycles. The fraction of sp³-hybridized carbons (Fsp3) is 0.800. The van der Waals surface area contributed by atoms with Crippen molar-refractivity contribution in [2.24, 2.45) is 23.2 Å². The molecule has 0 amide bonds. The number of aliphatic hydroxyl groups is 1. The van der Waals surface area contributed by atoms with Crippen molar-refractivity contribution in [2.75, 3.05) is 0 Å². The Labute approximate surface area is 108 Å². The quantitative estimate of drug-likeness (QED) is 0.530. The normalized spacial score (nSPS) is 51.2. The van der Waals surface area contributed by atoms with Crippen molar-refractivity contribution in [3.63, 3.8) is 0 Å². The Kier molecular flexibility index (Phi) is 2.60. The van der Waals surface area contributed by atoms with E-state index in [0.29, 0.717) is 5.92 Å². The number of rotatable bonds is 0. The van der Waals surface area contributed by atoms with Gasteiger partial charge in [-0.05, 0) is 30.6 Å². The molecule has 18 heavy (non-hydrogen) atoms. The first kappa shape index (κ1) is 12.2. The number of hydrogen-bond donors (Lipinski definition) is 1. The van der Waals surface area contributed by atoms with Gasteiger partial charge in [0.2, 0.25) is 0 Å². The number of esters is 1. The summed E-state index contributed by atoms with van der Waals surface area (Å²) in [6.07, 6.45) is 4.48. The van der Waals surface area contributed by atoms with E-state index in [9.17, 15) is 9.90 Å². The molecule has 1 aliphatic heterocycles. The maximum atomic E-state index is 11.8. The second-order valence-corrected chi connectivity index (χ2v) is 6.51. The van der Waals surface area contributed by atoms with Gasteiger partial charge in [-0.2, -0.15) is 0 Å². The largest absolute Gasteiger partial charge is 0.462 e. The lowest BCUT2D eigenvalue weighted by molar-refractivity contribution is -0.144. The van der Waals surface area contributed by atoms with Crippen LogP contribution in [0.15, 0.2) is 11.6 Å². The van der Waals surface area contributed by atoms with Crippen LogP contribution in [0, 0.1) is 23.2 Å². The molecule has 100 valence electrons. The fourth-order valence-electron chi connectivity index (χ4n) is 4.54. The van der Waals surface area contributed by atoms with E-state index in [1.807, 2.05) is 13.0 Å². The van der Waals surface area contributed by atoms with Gasteiger partial charge < -0.3 is 9.84 Å². The molecule has 0 aromatic rings. The van der Waals surface area contributed by atoms with Crippen LogP contribution in [-0.2, 0) is 9.53 Å². The maximum absolute atomic E-state index is 11.8. The molecule has 0 aromatic heterocycles. The molecule has 3 nitrogen and oxygen atoms in total. The van der Waals surface area contributed by atoms with Crippen LogP contribution in [0.1, 0.15) is 40.0 Å². The van der Waals surface area contributed by atoms with Gasteiger partial charge in [0, 0.05) is 5.92 Å². The highest BCUT2D eigenvalue weighted by atomic mass is 16.6. The summed E-state index contributed by atoms with van der Waals surface area (Å²) < 4.78 is 5.54. The zero-order valence-electron chi connectivity index (χ0n) is 11.3. The zero-order valence-corrected chi connectivity index (χ0v) is 11.3. The third-order valence-corrected chi connectivity index (χ3v) is 5.67. The maximum Gasteiger partial charge on any atom is 0.309 e. The van der Waals surface area contributed by atoms with Crippen molar-refractivity contribution >= 4 is 5.97 Å². The second kappa shape index (κ2) is 3.83. The lowest BCUT2D eigenvalue weighted by Gasteiger charge is -2.51. The van der Waals surface area contributed by atoms with Gasteiger partial charge in [-0.1, -0.05) is 32.4 Å². The van der Waals surface area contributed by atoms with E-state index in [1.165, 1.54) is 5.57 Å². The van der Waals surface area contributed by atoms with Gasteiger partial charge in [0.25, 0.3) is 0 Å². The summed E-state index contributed by atoms with van der Waals surface area (Å²) in [5.74, 6) is 0.636. The van der Waals surface area contributed by atoms with Gasteiger partial charge in [0.05, 0.1) is 12.0 Å². The number of aliphatic hydroxyl groups excluding tert-OH is 1. The number of carbonyl (C=O) groups excluding carboxylic acids is 1. The van der Waals surface area contributed by atoms with Crippen molar-refractivity contribution in [3.05, 3.63) is 11.6 Å².